The van der Waals surface area contributed by atoms with Gasteiger partial charge in [-0.3, -0.25) is 14.3 Å². The molecule has 1 fully saturated rings. The highest BCUT2D eigenvalue weighted by molar-refractivity contribution is 6.00. The van der Waals surface area contributed by atoms with Crippen LogP contribution >= 0.6 is 0 Å². The maximum atomic E-state index is 13.2. The van der Waals surface area contributed by atoms with Gasteiger partial charge in [0.25, 0.3) is 5.91 Å². The van der Waals surface area contributed by atoms with Crippen molar-refractivity contribution in [1.29, 1.82) is 0 Å². The zero-order chi connectivity index (χ0) is 20.4. The Morgan fingerprint density at radius 1 is 1.10 bits per heavy atom. The number of likely N-dealkylation sites (tertiary alicyclic amines) is 1. The van der Waals surface area contributed by atoms with Crippen molar-refractivity contribution in [2.45, 2.75) is 19.9 Å². The third-order valence-electron chi connectivity index (χ3n) is 5.33. The molecule has 1 atom stereocenters. The van der Waals surface area contributed by atoms with Crippen LogP contribution in [0.15, 0.2) is 60.8 Å². The Morgan fingerprint density at radius 3 is 2.48 bits per heavy atom. The van der Waals surface area contributed by atoms with E-state index >= 15 is 0 Å². The highest BCUT2D eigenvalue weighted by Crippen LogP contribution is 2.27. The van der Waals surface area contributed by atoms with Gasteiger partial charge in [0, 0.05) is 24.8 Å². The molecule has 1 N–H and O–H groups in total. The maximum absolute atomic E-state index is 13.2. The molecule has 1 aromatic heterocycles. The van der Waals surface area contributed by atoms with Crippen LogP contribution in [0.4, 0.5) is 0 Å². The standard InChI is InChI=1S/C23H23N3O3/c1-16-7-9-18(10-8-16)21-20(22(27)25-12-11-19(14-25)23(28)29)15-26(24-21)13-17-5-3-2-4-6-17/h2-10,15,19H,11-14H2,1H3,(H,28,29). The molecule has 2 aromatic carbocycles. The number of aryl methyl sites for hydroxylation is 1. The van der Waals surface area contributed by atoms with Crippen LogP contribution in [0, 0.1) is 12.8 Å². The van der Waals surface area contributed by atoms with Gasteiger partial charge in [0.1, 0.15) is 5.69 Å². The molecule has 1 unspecified atom stereocenters. The fourth-order valence-electron chi connectivity index (χ4n) is 3.67. The quantitative estimate of drug-likeness (QED) is 0.725. The molecule has 0 saturated carbocycles. The second kappa shape index (κ2) is 7.91. The zero-order valence-electron chi connectivity index (χ0n) is 16.3. The molecule has 4 rings (SSSR count). The Labute approximate surface area is 169 Å². The van der Waals surface area contributed by atoms with E-state index in [-0.39, 0.29) is 12.5 Å². The molecule has 0 spiro atoms. The monoisotopic (exact) mass is 389 g/mol. The van der Waals surface area contributed by atoms with Gasteiger partial charge >= 0.3 is 5.97 Å². The number of hydrogen-bond acceptors (Lipinski definition) is 3. The van der Waals surface area contributed by atoms with Crippen molar-refractivity contribution < 1.29 is 14.7 Å². The lowest BCUT2D eigenvalue weighted by Crippen LogP contribution is -2.30. The molecule has 1 saturated heterocycles. The van der Waals surface area contributed by atoms with Gasteiger partial charge in [-0.2, -0.15) is 5.10 Å². The van der Waals surface area contributed by atoms with Crippen LogP contribution in [-0.4, -0.2) is 44.8 Å². The first-order valence-electron chi connectivity index (χ1n) is 9.72. The molecule has 0 radical (unpaired) electrons. The van der Waals surface area contributed by atoms with Gasteiger partial charge in [-0.25, -0.2) is 0 Å². The van der Waals surface area contributed by atoms with Crippen molar-refractivity contribution in [2.75, 3.05) is 13.1 Å². The van der Waals surface area contributed by atoms with Crippen LogP contribution in [0.3, 0.4) is 0 Å². The summed E-state index contributed by atoms with van der Waals surface area (Å²) in [6.45, 7) is 3.27. The third kappa shape index (κ3) is 4.06. The summed E-state index contributed by atoms with van der Waals surface area (Å²) >= 11 is 0. The predicted octanol–water partition coefficient (Wildman–Crippen LogP) is 3.45. The van der Waals surface area contributed by atoms with Gasteiger partial charge in [0.15, 0.2) is 0 Å². The topological polar surface area (TPSA) is 75.4 Å². The summed E-state index contributed by atoms with van der Waals surface area (Å²) in [5.74, 6) is -1.51. The minimum absolute atomic E-state index is 0.163. The lowest BCUT2D eigenvalue weighted by molar-refractivity contribution is -0.141. The van der Waals surface area contributed by atoms with Crippen LogP contribution in [0.1, 0.15) is 27.9 Å². The Morgan fingerprint density at radius 2 is 1.83 bits per heavy atom. The number of aliphatic carboxylic acids is 1. The highest BCUT2D eigenvalue weighted by Gasteiger charge is 2.33. The van der Waals surface area contributed by atoms with E-state index in [0.29, 0.717) is 30.8 Å². The highest BCUT2D eigenvalue weighted by atomic mass is 16.4. The number of rotatable bonds is 5. The first-order valence-corrected chi connectivity index (χ1v) is 9.72. The molecule has 6 nitrogen and oxygen atoms in total. The Balaban J connectivity index is 1.68. The second-order valence-corrected chi connectivity index (χ2v) is 7.52. The molecule has 1 aliphatic heterocycles. The Hall–Kier alpha value is -3.41. The minimum atomic E-state index is -0.848. The lowest BCUT2D eigenvalue weighted by Gasteiger charge is -2.15. The fraction of sp³-hybridized carbons (Fsp3) is 0.261. The normalized spacial score (nSPS) is 16.2. The number of benzene rings is 2. The van der Waals surface area contributed by atoms with E-state index in [1.54, 1.807) is 15.8 Å². The summed E-state index contributed by atoms with van der Waals surface area (Å²) in [5.41, 5.74) is 4.24. The first-order chi connectivity index (χ1) is 14.0. The summed E-state index contributed by atoms with van der Waals surface area (Å²) in [6, 6.07) is 17.9. The molecule has 6 heteroatoms. The zero-order valence-corrected chi connectivity index (χ0v) is 16.3. The molecule has 2 heterocycles. The van der Waals surface area contributed by atoms with E-state index in [9.17, 15) is 14.7 Å². The summed E-state index contributed by atoms with van der Waals surface area (Å²) in [6.07, 6.45) is 2.26. The van der Waals surface area contributed by atoms with Crippen molar-refractivity contribution in [1.82, 2.24) is 14.7 Å². The summed E-state index contributed by atoms with van der Waals surface area (Å²) < 4.78 is 1.78. The molecule has 1 aliphatic rings. The Kier molecular flexibility index (Phi) is 5.16. The van der Waals surface area contributed by atoms with E-state index in [0.717, 1.165) is 16.7 Å². The maximum Gasteiger partial charge on any atom is 0.308 e. The van der Waals surface area contributed by atoms with E-state index in [1.807, 2.05) is 61.5 Å². The van der Waals surface area contributed by atoms with Gasteiger partial charge in [0.2, 0.25) is 0 Å². The van der Waals surface area contributed by atoms with Gasteiger partial charge in [0.05, 0.1) is 18.0 Å². The number of carboxylic acids is 1. The first kappa shape index (κ1) is 18.9. The van der Waals surface area contributed by atoms with Crippen LogP contribution in [-0.2, 0) is 11.3 Å². The number of amides is 1. The number of carbonyl (C=O) groups excluding carboxylic acids is 1. The smallest absolute Gasteiger partial charge is 0.308 e. The van der Waals surface area contributed by atoms with Gasteiger partial charge in [-0.05, 0) is 18.9 Å². The Bertz CT molecular complexity index is 1030. The molecule has 0 bridgehead atoms. The van der Waals surface area contributed by atoms with Gasteiger partial charge in [-0.15, -0.1) is 0 Å². The van der Waals surface area contributed by atoms with Crippen molar-refractivity contribution in [2.24, 2.45) is 5.92 Å². The van der Waals surface area contributed by atoms with E-state index in [4.69, 9.17) is 5.10 Å². The average Bonchev–Trinajstić information content (AvgIpc) is 3.37. The summed E-state index contributed by atoms with van der Waals surface area (Å²) in [4.78, 5) is 26.1. The molecular formula is C23H23N3O3. The van der Waals surface area contributed by atoms with Crippen molar-refractivity contribution in [3.8, 4) is 11.3 Å². The molecule has 1 amide bonds. The largest absolute Gasteiger partial charge is 0.481 e. The van der Waals surface area contributed by atoms with Crippen LogP contribution < -0.4 is 0 Å². The van der Waals surface area contributed by atoms with E-state index in [2.05, 4.69) is 0 Å². The minimum Gasteiger partial charge on any atom is -0.481 e. The van der Waals surface area contributed by atoms with E-state index in [1.165, 1.54) is 0 Å². The molecule has 3 aromatic rings. The molecule has 0 aliphatic carbocycles. The third-order valence-corrected chi connectivity index (χ3v) is 5.33. The average molecular weight is 389 g/mol. The second-order valence-electron chi connectivity index (χ2n) is 7.52. The molecular weight excluding hydrogens is 366 g/mol. The number of carbonyl (C=O) groups is 2. The van der Waals surface area contributed by atoms with Crippen molar-refractivity contribution >= 4 is 11.9 Å². The number of carboxylic acid groups (broad SMARTS) is 1. The fourth-order valence-corrected chi connectivity index (χ4v) is 3.67. The number of aromatic nitrogens is 2. The predicted molar refractivity (Wildman–Crippen MR) is 110 cm³/mol. The molecule has 29 heavy (non-hydrogen) atoms. The number of nitrogens with zero attached hydrogens (tertiary/aromatic N) is 3. The van der Waals surface area contributed by atoms with Crippen LogP contribution in [0.2, 0.25) is 0 Å². The van der Waals surface area contributed by atoms with Gasteiger partial charge in [-0.1, -0.05) is 60.2 Å². The van der Waals surface area contributed by atoms with Crippen molar-refractivity contribution in [3.05, 3.63) is 77.5 Å². The number of hydrogen-bond donors (Lipinski definition) is 1. The van der Waals surface area contributed by atoms with Crippen molar-refractivity contribution in [3.63, 3.8) is 0 Å². The van der Waals surface area contributed by atoms with Gasteiger partial charge < -0.3 is 10.0 Å². The van der Waals surface area contributed by atoms with Crippen LogP contribution in [0.25, 0.3) is 11.3 Å². The van der Waals surface area contributed by atoms with Crippen LogP contribution in [0.5, 0.6) is 0 Å². The lowest BCUT2D eigenvalue weighted by atomic mass is 10.1. The molecule has 148 valence electrons. The van der Waals surface area contributed by atoms with E-state index < -0.39 is 11.9 Å². The SMILES string of the molecule is Cc1ccc(-c2nn(Cc3ccccc3)cc2C(=O)N2CCC(C(=O)O)C2)cc1. The summed E-state index contributed by atoms with van der Waals surface area (Å²) in [5, 5.41) is 14.0. The summed E-state index contributed by atoms with van der Waals surface area (Å²) in [7, 11) is 0.